The van der Waals surface area contributed by atoms with Gasteiger partial charge in [0.25, 0.3) is 0 Å². The minimum absolute atomic E-state index is 0.215. The summed E-state index contributed by atoms with van der Waals surface area (Å²) >= 11 is 1.53. The Bertz CT molecular complexity index is 536. The first-order valence-electron chi connectivity index (χ1n) is 5.54. The molecule has 2 unspecified atom stereocenters. The highest BCUT2D eigenvalue weighted by Gasteiger charge is 2.32. The van der Waals surface area contributed by atoms with Crippen LogP contribution in [0.3, 0.4) is 0 Å². The van der Waals surface area contributed by atoms with Gasteiger partial charge >= 0.3 is 5.97 Å². The summed E-state index contributed by atoms with van der Waals surface area (Å²) in [4.78, 5) is 24.5. The van der Waals surface area contributed by atoms with Crippen molar-refractivity contribution < 1.29 is 9.90 Å². The van der Waals surface area contributed by atoms with Gasteiger partial charge in [0.05, 0.1) is 5.92 Å². The summed E-state index contributed by atoms with van der Waals surface area (Å²) in [6.07, 6.45) is 5.61. The number of hydrogen-bond donors (Lipinski definition) is 1. The predicted molar refractivity (Wildman–Crippen MR) is 62.9 cm³/mol. The third-order valence-electron chi connectivity index (χ3n) is 3.20. The Morgan fingerprint density at radius 3 is 2.88 bits per heavy atom. The fourth-order valence-corrected chi connectivity index (χ4v) is 3.31. The minimum Gasteiger partial charge on any atom is -0.481 e. The van der Waals surface area contributed by atoms with E-state index in [1.807, 2.05) is 0 Å². The number of thiazole rings is 1. The van der Waals surface area contributed by atoms with E-state index in [2.05, 4.69) is 15.0 Å². The SMILES string of the molecule is O=C(O)C1CCC(c2nc3nccnc3s2)C1. The lowest BCUT2D eigenvalue weighted by Gasteiger charge is -2.04. The fraction of sp³-hybridized carbons (Fsp3) is 0.455. The van der Waals surface area contributed by atoms with Gasteiger partial charge < -0.3 is 5.11 Å². The molecule has 2 aromatic heterocycles. The van der Waals surface area contributed by atoms with Crippen molar-refractivity contribution in [1.29, 1.82) is 0 Å². The smallest absolute Gasteiger partial charge is 0.306 e. The number of fused-ring (bicyclic) bond motifs is 1. The second-order valence-corrected chi connectivity index (χ2v) is 5.29. The summed E-state index contributed by atoms with van der Waals surface area (Å²) in [5.74, 6) is -0.644. The monoisotopic (exact) mass is 249 g/mol. The molecule has 2 aromatic rings. The van der Waals surface area contributed by atoms with Crippen molar-refractivity contribution in [2.24, 2.45) is 5.92 Å². The molecule has 2 heterocycles. The van der Waals surface area contributed by atoms with Crippen LogP contribution in [0.2, 0.25) is 0 Å². The zero-order chi connectivity index (χ0) is 11.8. The van der Waals surface area contributed by atoms with Crippen LogP contribution >= 0.6 is 11.3 Å². The first-order valence-corrected chi connectivity index (χ1v) is 6.36. The van der Waals surface area contributed by atoms with Crippen LogP contribution in [0.1, 0.15) is 30.2 Å². The highest BCUT2D eigenvalue weighted by molar-refractivity contribution is 7.18. The molecule has 0 saturated heterocycles. The van der Waals surface area contributed by atoms with E-state index in [-0.39, 0.29) is 11.8 Å². The summed E-state index contributed by atoms with van der Waals surface area (Å²) in [6.45, 7) is 0. The van der Waals surface area contributed by atoms with Crippen molar-refractivity contribution in [3.05, 3.63) is 17.4 Å². The van der Waals surface area contributed by atoms with Gasteiger partial charge in [-0.1, -0.05) is 11.3 Å². The van der Waals surface area contributed by atoms with Gasteiger partial charge in [-0.2, -0.15) is 0 Å². The van der Waals surface area contributed by atoms with Crippen molar-refractivity contribution in [3.8, 4) is 0 Å². The van der Waals surface area contributed by atoms with Crippen LogP contribution in [0.5, 0.6) is 0 Å². The zero-order valence-corrected chi connectivity index (χ0v) is 9.85. The molecule has 0 aromatic carbocycles. The van der Waals surface area contributed by atoms with Gasteiger partial charge in [0, 0.05) is 18.3 Å². The molecule has 0 spiro atoms. The fourth-order valence-electron chi connectivity index (χ4n) is 2.30. The lowest BCUT2D eigenvalue weighted by Crippen LogP contribution is -2.09. The summed E-state index contributed by atoms with van der Waals surface area (Å²) in [5.41, 5.74) is 0.672. The van der Waals surface area contributed by atoms with Gasteiger partial charge in [0.15, 0.2) is 10.5 Å². The van der Waals surface area contributed by atoms with Gasteiger partial charge in [-0.3, -0.25) is 4.79 Å². The number of carboxylic acid groups (broad SMARTS) is 1. The van der Waals surface area contributed by atoms with Gasteiger partial charge in [0.1, 0.15) is 5.01 Å². The molecule has 1 saturated carbocycles. The van der Waals surface area contributed by atoms with E-state index in [0.717, 1.165) is 22.7 Å². The van der Waals surface area contributed by atoms with Crippen molar-refractivity contribution >= 4 is 27.8 Å². The molecule has 0 bridgehead atoms. The lowest BCUT2D eigenvalue weighted by atomic mass is 10.1. The van der Waals surface area contributed by atoms with Gasteiger partial charge in [-0.25, -0.2) is 15.0 Å². The largest absolute Gasteiger partial charge is 0.481 e. The van der Waals surface area contributed by atoms with Crippen LogP contribution in [0.15, 0.2) is 12.4 Å². The number of aromatic nitrogens is 3. The van der Waals surface area contributed by atoms with E-state index in [1.165, 1.54) is 11.3 Å². The van der Waals surface area contributed by atoms with Crippen LogP contribution in [0.4, 0.5) is 0 Å². The molecule has 3 rings (SSSR count). The Morgan fingerprint density at radius 2 is 2.18 bits per heavy atom. The molecule has 1 N–H and O–H groups in total. The highest BCUT2D eigenvalue weighted by Crippen LogP contribution is 2.40. The van der Waals surface area contributed by atoms with E-state index in [4.69, 9.17) is 5.11 Å². The molecular formula is C11H11N3O2S. The Kier molecular flexibility index (Phi) is 2.51. The molecule has 6 heteroatoms. The molecule has 1 aliphatic rings. The van der Waals surface area contributed by atoms with E-state index in [9.17, 15) is 4.79 Å². The molecule has 5 nitrogen and oxygen atoms in total. The maximum Gasteiger partial charge on any atom is 0.306 e. The molecule has 2 atom stereocenters. The van der Waals surface area contributed by atoms with Crippen molar-refractivity contribution in [3.63, 3.8) is 0 Å². The Labute approximate surface area is 102 Å². The normalized spacial score (nSPS) is 24.2. The Hall–Kier alpha value is -1.56. The van der Waals surface area contributed by atoms with Gasteiger partial charge in [-0.15, -0.1) is 0 Å². The van der Waals surface area contributed by atoms with Crippen molar-refractivity contribution in [2.45, 2.75) is 25.2 Å². The summed E-state index contributed by atoms with van der Waals surface area (Å²) in [5, 5.41) is 9.96. The topological polar surface area (TPSA) is 76.0 Å². The van der Waals surface area contributed by atoms with Crippen LogP contribution in [-0.2, 0) is 4.79 Å². The van der Waals surface area contributed by atoms with E-state index in [1.54, 1.807) is 12.4 Å². The third kappa shape index (κ3) is 1.88. The Balaban J connectivity index is 1.87. The average Bonchev–Trinajstić information content (AvgIpc) is 2.95. The molecule has 88 valence electrons. The summed E-state index contributed by atoms with van der Waals surface area (Å²) in [7, 11) is 0. The number of hydrogen-bond acceptors (Lipinski definition) is 5. The maximum atomic E-state index is 10.9. The van der Waals surface area contributed by atoms with Gasteiger partial charge in [0.2, 0.25) is 0 Å². The first kappa shape index (κ1) is 10.6. The van der Waals surface area contributed by atoms with E-state index < -0.39 is 5.97 Å². The molecule has 0 amide bonds. The number of carbonyl (C=O) groups is 1. The predicted octanol–water partition coefficient (Wildman–Crippen LogP) is 2.05. The second-order valence-electron chi connectivity index (χ2n) is 4.28. The number of carboxylic acids is 1. The Morgan fingerprint density at radius 1 is 1.35 bits per heavy atom. The van der Waals surface area contributed by atoms with E-state index >= 15 is 0 Å². The van der Waals surface area contributed by atoms with Crippen LogP contribution in [0.25, 0.3) is 10.5 Å². The lowest BCUT2D eigenvalue weighted by molar-refractivity contribution is -0.141. The zero-order valence-electron chi connectivity index (χ0n) is 9.04. The standard InChI is InChI=1S/C11H11N3O2S/c15-11(16)7-2-1-6(5-7)9-14-8-10(17-9)13-4-3-12-8/h3-4,6-7H,1-2,5H2,(H,15,16). The number of rotatable bonds is 2. The maximum absolute atomic E-state index is 10.9. The summed E-state index contributed by atoms with van der Waals surface area (Å²) in [6, 6.07) is 0. The third-order valence-corrected chi connectivity index (χ3v) is 4.31. The van der Waals surface area contributed by atoms with Crippen LogP contribution in [0, 0.1) is 5.92 Å². The molecule has 0 aliphatic heterocycles. The van der Waals surface area contributed by atoms with Crippen molar-refractivity contribution in [2.75, 3.05) is 0 Å². The number of nitrogens with zero attached hydrogens (tertiary/aromatic N) is 3. The number of aliphatic carboxylic acids is 1. The molecule has 0 radical (unpaired) electrons. The first-order chi connectivity index (χ1) is 8.24. The summed E-state index contributed by atoms with van der Waals surface area (Å²) < 4.78 is 0. The second kappa shape index (κ2) is 4.03. The molecule has 1 fully saturated rings. The average molecular weight is 249 g/mol. The van der Waals surface area contributed by atoms with Crippen molar-refractivity contribution in [1.82, 2.24) is 15.0 Å². The molecule has 1 aliphatic carbocycles. The van der Waals surface area contributed by atoms with Crippen LogP contribution < -0.4 is 0 Å². The van der Waals surface area contributed by atoms with Crippen LogP contribution in [-0.4, -0.2) is 26.0 Å². The highest BCUT2D eigenvalue weighted by atomic mass is 32.1. The molecule has 17 heavy (non-hydrogen) atoms. The molecular weight excluding hydrogens is 238 g/mol. The van der Waals surface area contributed by atoms with Gasteiger partial charge in [-0.05, 0) is 19.3 Å². The van der Waals surface area contributed by atoms with E-state index in [0.29, 0.717) is 12.1 Å². The minimum atomic E-state index is -0.690. The quantitative estimate of drug-likeness (QED) is 0.881.